The highest BCUT2D eigenvalue weighted by Gasteiger charge is 2.18. The van der Waals surface area contributed by atoms with Crippen molar-refractivity contribution < 1.29 is 8.42 Å². The SMILES string of the molecule is CCCNc1ccc(S(=O)(=O)NCC2CCCCC2)cc1. The smallest absolute Gasteiger partial charge is 0.240 e. The monoisotopic (exact) mass is 310 g/mol. The summed E-state index contributed by atoms with van der Waals surface area (Å²) in [5.41, 5.74) is 0.961. The van der Waals surface area contributed by atoms with E-state index in [9.17, 15) is 8.42 Å². The van der Waals surface area contributed by atoms with Gasteiger partial charge in [-0.3, -0.25) is 0 Å². The number of anilines is 1. The molecule has 2 N–H and O–H groups in total. The predicted molar refractivity (Wildman–Crippen MR) is 87.0 cm³/mol. The van der Waals surface area contributed by atoms with Gasteiger partial charge in [0, 0.05) is 18.8 Å². The van der Waals surface area contributed by atoms with Crippen molar-refractivity contribution in [3.05, 3.63) is 24.3 Å². The molecule has 1 aliphatic carbocycles. The van der Waals surface area contributed by atoms with Gasteiger partial charge in [0.05, 0.1) is 4.90 Å². The van der Waals surface area contributed by atoms with Gasteiger partial charge in [0.15, 0.2) is 0 Å². The summed E-state index contributed by atoms with van der Waals surface area (Å²) in [5, 5.41) is 3.24. The fourth-order valence-corrected chi connectivity index (χ4v) is 3.84. The zero-order valence-corrected chi connectivity index (χ0v) is 13.6. The van der Waals surface area contributed by atoms with Gasteiger partial charge in [0.25, 0.3) is 0 Å². The zero-order chi connectivity index (χ0) is 15.1. The minimum absolute atomic E-state index is 0.348. The Kier molecular flexibility index (Phi) is 6.06. The maximum atomic E-state index is 12.3. The van der Waals surface area contributed by atoms with Crippen LogP contribution >= 0.6 is 0 Å². The lowest BCUT2D eigenvalue weighted by atomic mass is 9.90. The fraction of sp³-hybridized carbons (Fsp3) is 0.625. The fourth-order valence-electron chi connectivity index (χ4n) is 2.72. The molecule has 0 spiro atoms. The molecule has 4 nitrogen and oxygen atoms in total. The summed E-state index contributed by atoms with van der Waals surface area (Å²) >= 11 is 0. The molecule has 0 radical (unpaired) electrons. The van der Waals surface area contributed by atoms with Gasteiger partial charge in [-0.1, -0.05) is 26.2 Å². The van der Waals surface area contributed by atoms with Crippen molar-refractivity contribution in [2.75, 3.05) is 18.4 Å². The van der Waals surface area contributed by atoms with Crippen molar-refractivity contribution in [1.82, 2.24) is 4.72 Å². The molecule has 0 amide bonds. The van der Waals surface area contributed by atoms with Crippen LogP contribution in [0.2, 0.25) is 0 Å². The normalized spacial score (nSPS) is 16.8. The van der Waals surface area contributed by atoms with E-state index >= 15 is 0 Å². The van der Waals surface area contributed by atoms with Gasteiger partial charge in [-0.05, 0) is 49.4 Å². The molecule has 0 aliphatic heterocycles. The summed E-state index contributed by atoms with van der Waals surface area (Å²) in [7, 11) is -3.37. The molecule has 0 unspecified atom stereocenters. The summed E-state index contributed by atoms with van der Waals surface area (Å²) in [6.07, 6.45) is 7.07. The number of benzene rings is 1. The van der Waals surface area contributed by atoms with E-state index in [-0.39, 0.29) is 0 Å². The molecule has 118 valence electrons. The van der Waals surface area contributed by atoms with Crippen molar-refractivity contribution >= 4 is 15.7 Å². The second-order valence-corrected chi connectivity index (χ2v) is 7.57. The van der Waals surface area contributed by atoms with E-state index in [2.05, 4.69) is 17.0 Å². The summed E-state index contributed by atoms with van der Waals surface area (Å²) in [4.78, 5) is 0.348. The van der Waals surface area contributed by atoms with Crippen LogP contribution in [0.5, 0.6) is 0 Å². The van der Waals surface area contributed by atoms with Crippen LogP contribution in [0.4, 0.5) is 5.69 Å². The van der Waals surface area contributed by atoms with Crippen molar-refractivity contribution in [3.8, 4) is 0 Å². The lowest BCUT2D eigenvalue weighted by molar-refractivity contribution is 0.357. The second kappa shape index (κ2) is 7.80. The highest BCUT2D eigenvalue weighted by molar-refractivity contribution is 7.89. The van der Waals surface area contributed by atoms with Gasteiger partial charge in [-0.25, -0.2) is 13.1 Å². The van der Waals surface area contributed by atoms with Gasteiger partial charge >= 0.3 is 0 Å². The maximum Gasteiger partial charge on any atom is 0.240 e. The molecule has 0 heterocycles. The van der Waals surface area contributed by atoms with Gasteiger partial charge in [0.2, 0.25) is 10.0 Å². The molecule has 0 saturated heterocycles. The highest BCUT2D eigenvalue weighted by Crippen LogP contribution is 2.23. The third kappa shape index (κ3) is 5.00. The van der Waals surface area contributed by atoms with E-state index in [1.165, 1.54) is 19.3 Å². The van der Waals surface area contributed by atoms with Crippen LogP contribution in [0.25, 0.3) is 0 Å². The van der Waals surface area contributed by atoms with Gasteiger partial charge < -0.3 is 5.32 Å². The number of rotatable bonds is 7. The molecule has 1 aromatic carbocycles. The molecule has 0 atom stereocenters. The Balaban J connectivity index is 1.91. The first-order valence-electron chi connectivity index (χ1n) is 7.95. The van der Waals surface area contributed by atoms with E-state index in [1.54, 1.807) is 12.1 Å². The van der Waals surface area contributed by atoms with Crippen molar-refractivity contribution in [2.24, 2.45) is 5.92 Å². The quantitative estimate of drug-likeness (QED) is 0.812. The molecular formula is C16H26N2O2S. The standard InChI is InChI=1S/C16H26N2O2S/c1-2-12-17-15-8-10-16(11-9-15)21(19,20)18-13-14-6-4-3-5-7-14/h8-11,14,17-18H,2-7,12-13H2,1H3. The second-order valence-electron chi connectivity index (χ2n) is 5.81. The lowest BCUT2D eigenvalue weighted by Gasteiger charge is -2.21. The van der Waals surface area contributed by atoms with Crippen molar-refractivity contribution in [1.29, 1.82) is 0 Å². The van der Waals surface area contributed by atoms with E-state index in [0.29, 0.717) is 17.4 Å². The van der Waals surface area contributed by atoms with Crippen LogP contribution in [-0.2, 0) is 10.0 Å². The molecule has 5 heteroatoms. The molecule has 0 aromatic heterocycles. The molecule has 1 fully saturated rings. The first kappa shape index (κ1) is 16.3. The summed E-state index contributed by atoms with van der Waals surface area (Å²) in [6.45, 7) is 3.56. The Bertz CT molecular complexity index is 520. The van der Waals surface area contributed by atoms with Crippen LogP contribution < -0.4 is 10.0 Å². The van der Waals surface area contributed by atoms with E-state index in [0.717, 1.165) is 31.5 Å². The largest absolute Gasteiger partial charge is 0.385 e. The Labute approximate surface area is 128 Å². The molecule has 1 saturated carbocycles. The number of nitrogens with one attached hydrogen (secondary N) is 2. The van der Waals surface area contributed by atoms with Gasteiger partial charge in [0.1, 0.15) is 0 Å². The molecule has 0 bridgehead atoms. The molecule has 1 aliphatic rings. The average Bonchev–Trinajstić information content (AvgIpc) is 2.52. The predicted octanol–water partition coefficient (Wildman–Crippen LogP) is 3.37. The minimum atomic E-state index is -3.37. The summed E-state index contributed by atoms with van der Waals surface area (Å²) < 4.78 is 27.3. The average molecular weight is 310 g/mol. The lowest BCUT2D eigenvalue weighted by Crippen LogP contribution is -2.30. The number of hydrogen-bond acceptors (Lipinski definition) is 3. The first-order chi connectivity index (χ1) is 10.1. The third-order valence-electron chi connectivity index (χ3n) is 4.03. The Morgan fingerprint density at radius 2 is 1.76 bits per heavy atom. The maximum absolute atomic E-state index is 12.3. The summed E-state index contributed by atoms with van der Waals surface area (Å²) in [5.74, 6) is 0.499. The van der Waals surface area contributed by atoms with Crippen molar-refractivity contribution in [3.63, 3.8) is 0 Å². The zero-order valence-electron chi connectivity index (χ0n) is 12.8. The van der Waals surface area contributed by atoms with Crippen LogP contribution in [0.3, 0.4) is 0 Å². The first-order valence-corrected chi connectivity index (χ1v) is 9.44. The topological polar surface area (TPSA) is 58.2 Å². The van der Waals surface area contributed by atoms with Crippen LogP contribution in [0.1, 0.15) is 45.4 Å². The Morgan fingerprint density at radius 3 is 2.38 bits per heavy atom. The van der Waals surface area contributed by atoms with Gasteiger partial charge in [-0.15, -0.1) is 0 Å². The van der Waals surface area contributed by atoms with Crippen LogP contribution in [0.15, 0.2) is 29.2 Å². The van der Waals surface area contributed by atoms with E-state index in [1.807, 2.05) is 12.1 Å². The highest BCUT2D eigenvalue weighted by atomic mass is 32.2. The Morgan fingerprint density at radius 1 is 1.10 bits per heavy atom. The third-order valence-corrected chi connectivity index (χ3v) is 5.47. The molecule has 21 heavy (non-hydrogen) atoms. The number of hydrogen-bond donors (Lipinski definition) is 2. The van der Waals surface area contributed by atoms with Gasteiger partial charge in [-0.2, -0.15) is 0 Å². The van der Waals surface area contributed by atoms with E-state index < -0.39 is 10.0 Å². The van der Waals surface area contributed by atoms with E-state index in [4.69, 9.17) is 0 Å². The van der Waals surface area contributed by atoms with Crippen molar-refractivity contribution in [2.45, 2.75) is 50.3 Å². The molecular weight excluding hydrogens is 284 g/mol. The molecule has 1 aromatic rings. The number of sulfonamides is 1. The van der Waals surface area contributed by atoms with Crippen LogP contribution in [-0.4, -0.2) is 21.5 Å². The molecule has 2 rings (SSSR count). The summed E-state index contributed by atoms with van der Waals surface area (Å²) in [6, 6.07) is 6.98. The Hall–Kier alpha value is -1.07. The van der Waals surface area contributed by atoms with Crippen LogP contribution in [0, 0.1) is 5.92 Å². The minimum Gasteiger partial charge on any atom is -0.385 e.